The van der Waals surface area contributed by atoms with Gasteiger partial charge in [-0.3, -0.25) is 4.79 Å². The van der Waals surface area contributed by atoms with Gasteiger partial charge in [0.2, 0.25) is 0 Å². The molecule has 1 heterocycles. The van der Waals surface area contributed by atoms with E-state index in [1.165, 1.54) is 18.2 Å². The van der Waals surface area contributed by atoms with Crippen molar-refractivity contribution in [3.05, 3.63) is 34.6 Å². The molecule has 1 aliphatic heterocycles. The number of hydrogen-bond donors (Lipinski definition) is 0. The summed E-state index contributed by atoms with van der Waals surface area (Å²) in [7, 11) is 0. The van der Waals surface area contributed by atoms with Gasteiger partial charge in [0.15, 0.2) is 0 Å². The molecule has 4 heteroatoms. The number of benzene rings is 1. The summed E-state index contributed by atoms with van der Waals surface area (Å²) in [6.45, 7) is 2.38. The fraction of sp³-hybridized carbons (Fsp3) is 0.462. The summed E-state index contributed by atoms with van der Waals surface area (Å²) in [5.41, 5.74) is 0.363. The fourth-order valence-corrected chi connectivity index (χ4v) is 2.25. The molecule has 2 unspecified atom stereocenters. The van der Waals surface area contributed by atoms with Crippen LogP contribution < -0.4 is 0 Å². The number of carbonyl (C=O) groups excluding carboxylic acids is 1. The number of halogens is 2. The highest BCUT2D eigenvalue weighted by Gasteiger charge is 2.28. The Morgan fingerprint density at radius 1 is 1.59 bits per heavy atom. The largest absolute Gasteiger partial charge is 0.378 e. The fourth-order valence-electron chi connectivity index (χ4n) is 2.05. The summed E-state index contributed by atoms with van der Waals surface area (Å²) < 4.78 is 18.8. The van der Waals surface area contributed by atoms with E-state index in [4.69, 9.17) is 16.3 Å². The first-order valence-electron chi connectivity index (χ1n) is 5.64. The monoisotopic (exact) mass is 256 g/mol. The first kappa shape index (κ1) is 12.5. The van der Waals surface area contributed by atoms with Crippen molar-refractivity contribution in [1.29, 1.82) is 0 Å². The summed E-state index contributed by atoms with van der Waals surface area (Å²) in [5, 5.41) is 0.449. The lowest BCUT2D eigenvalue weighted by molar-refractivity contribution is -0.122. The molecule has 0 aliphatic carbocycles. The van der Waals surface area contributed by atoms with E-state index in [0.29, 0.717) is 17.2 Å². The van der Waals surface area contributed by atoms with Crippen molar-refractivity contribution in [2.24, 2.45) is 5.92 Å². The van der Waals surface area contributed by atoms with Gasteiger partial charge >= 0.3 is 0 Å². The Hall–Kier alpha value is -0.930. The van der Waals surface area contributed by atoms with Crippen LogP contribution in [0.4, 0.5) is 4.39 Å². The van der Waals surface area contributed by atoms with Crippen LogP contribution in [-0.2, 0) is 16.0 Å². The van der Waals surface area contributed by atoms with Crippen molar-refractivity contribution in [3.8, 4) is 0 Å². The molecule has 1 aliphatic rings. The molecule has 0 spiro atoms. The number of rotatable bonds is 3. The summed E-state index contributed by atoms with van der Waals surface area (Å²) in [5.74, 6) is -0.464. The van der Waals surface area contributed by atoms with Crippen LogP contribution >= 0.6 is 11.6 Å². The van der Waals surface area contributed by atoms with E-state index >= 15 is 0 Å². The summed E-state index contributed by atoms with van der Waals surface area (Å²) in [4.78, 5) is 11.9. The molecule has 2 rings (SSSR count). The lowest BCUT2D eigenvalue weighted by Gasteiger charge is -2.07. The number of Topliss-reactive ketones (excluding diaryl/α,β-unsaturated/α-hetero) is 1. The number of carbonyl (C=O) groups is 1. The predicted octanol–water partition coefficient (Wildman–Crippen LogP) is 3.02. The third-order valence-electron chi connectivity index (χ3n) is 3.03. The number of ether oxygens (including phenoxy) is 1. The highest BCUT2D eigenvalue weighted by atomic mass is 35.5. The van der Waals surface area contributed by atoms with Crippen molar-refractivity contribution >= 4 is 17.4 Å². The Labute approximate surface area is 105 Å². The van der Waals surface area contributed by atoms with Gasteiger partial charge in [0.05, 0.1) is 12.7 Å². The quantitative estimate of drug-likeness (QED) is 0.831. The third kappa shape index (κ3) is 3.05. The van der Waals surface area contributed by atoms with Gasteiger partial charge in [0, 0.05) is 17.4 Å². The summed E-state index contributed by atoms with van der Waals surface area (Å²) in [6, 6.07) is 4.28. The second-order valence-electron chi connectivity index (χ2n) is 4.46. The molecule has 92 valence electrons. The van der Waals surface area contributed by atoms with Gasteiger partial charge in [0.25, 0.3) is 0 Å². The highest BCUT2D eigenvalue weighted by molar-refractivity contribution is 6.30. The van der Waals surface area contributed by atoms with E-state index in [1.807, 2.05) is 6.92 Å². The normalized spacial score (nSPS) is 23.9. The Balaban J connectivity index is 2.05. The van der Waals surface area contributed by atoms with Gasteiger partial charge in [-0.15, -0.1) is 0 Å². The molecule has 0 radical (unpaired) electrons. The van der Waals surface area contributed by atoms with Gasteiger partial charge in [0.1, 0.15) is 11.6 Å². The van der Waals surface area contributed by atoms with Crippen LogP contribution in [0, 0.1) is 11.7 Å². The molecule has 2 atom stereocenters. The zero-order chi connectivity index (χ0) is 12.4. The Morgan fingerprint density at radius 3 is 3.00 bits per heavy atom. The molecule has 0 bridgehead atoms. The minimum absolute atomic E-state index is 0.0236. The lowest BCUT2D eigenvalue weighted by Crippen LogP contribution is -2.17. The van der Waals surface area contributed by atoms with Crippen molar-refractivity contribution in [3.63, 3.8) is 0 Å². The van der Waals surface area contributed by atoms with Gasteiger partial charge in [-0.2, -0.15) is 0 Å². The van der Waals surface area contributed by atoms with Crippen molar-refractivity contribution < 1.29 is 13.9 Å². The molecule has 1 aromatic carbocycles. The topological polar surface area (TPSA) is 26.3 Å². The lowest BCUT2D eigenvalue weighted by atomic mass is 9.95. The third-order valence-corrected chi connectivity index (χ3v) is 3.26. The minimum Gasteiger partial charge on any atom is -0.378 e. The Bertz CT molecular complexity index is 433. The standard InChI is InChI=1S/C13H14ClFO2/c1-8-4-10(7-17-8)13(16)6-9-5-11(14)2-3-12(9)15/h2-3,5,8,10H,4,6-7H2,1H3. The Morgan fingerprint density at radius 2 is 2.35 bits per heavy atom. The molecule has 1 fully saturated rings. The van der Waals surface area contributed by atoms with Crippen molar-refractivity contribution in [1.82, 2.24) is 0 Å². The predicted molar refractivity (Wildman–Crippen MR) is 63.6 cm³/mol. The smallest absolute Gasteiger partial charge is 0.142 e. The Kier molecular flexibility index (Phi) is 3.79. The summed E-state index contributed by atoms with van der Waals surface area (Å²) >= 11 is 5.78. The number of hydrogen-bond acceptors (Lipinski definition) is 2. The molecule has 0 N–H and O–H groups in total. The van der Waals surface area contributed by atoms with Crippen LogP contribution in [0.3, 0.4) is 0 Å². The molecule has 17 heavy (non-hydrogen) atoms. The van der Waals surface area contributed by atoms with Crippen LogP contribution in [0.2, 0.25) is 5.02 Å². The van der Waals surface area contributed by atoms with Gasteiger partial charge < -0.3 is 4.74 Å². The second-order valence-corrected chi connectivity index (χ2v) is 4.89. The van der Waals surface area contributed by atoms with Gasteiger partial charge in [-0.05, 0) is 37.1 Å². The van der Waals surface area contributed by atoms with Crippen LogP contribution in [0.1, 0.15) is 18.9 Å². The zero-order valence-corrected chi connectivity index (χ0v) is 10.3. The van der Waals surface area contributed by atoms with E-state index < -0.39 is 0 Å². The maximum absolute atomic E-state index is 13.5. The average Bonchev–Trinajstić information content (AvgIpc) is 2.70. The molecule has 1 aromatic rings. The van der Waals surface area contributed by atoms with Crippen LogP contribution in [0.15, 0.2) is 18.2 Å². The van der Waals surface area contributed by atoms with Crippen LogP contribution in [-0.4, -0.2) is 18.5 Å². The number of ketones is 1. The maximum atomic E-state index is 13.5. The minimum atomic E-state index is -0.380. The SMILES string of the molecule is CC1CC(C(=O)Cc2cc(Cl)ccc2F)CO1. The van der Waals surface area contributed by atoms with E-state index in [9.17, 15) is 9.18 Å². The average molecular weight is 257 g/mol. The van der Waals surface area contributed by atoms with Crippen molar-refractivity contribution in [2.75, 3.05) is 6.61 Å². The second kappa shape index (κ2) is 5.15. The van der Waals surface area contributed by atoms with E-state index in [2.05, 4.69) is 0 Å². The molecule has 0 aromatic heterocycles. The maximum Gasteiger partial charge on any atom is 0.142 e. The van der Waals surface area contributed by atoms with E-state index in [-0.39, 0.29) is 30.0 Å². The molecule has 1 saturated heterocycles. The first-order valence-corrected chi connectivity index (χ1v) is 6.02. The van der Waals surface area contributed by atoms with Crippen LogP contribution in [0.25, 0.3) is 0 Å². The first-order chi connectivity index (χ1) is 8.06. The zero-order valence-electron chi connectivity index (χ0n) is 9.58. The molecule has 2 nitrogen and oxygen atoms in total. The summed E-state index contributed by atoms with van der Waals surface area (Å²) in [6.07, 6.45) is 0.932. The molecular formula is C13H14ClFO2. The molecule has 0 saturated carbocycles. The van der Waals surface area contributed by atoms with Gasteiger partial charge in [-0.25, -0.2) is 4.39 Å². The van der Waals surface area contributed by atoms with Crippen LogP contribution in [0.5, 0.6) is 0 Å². The molecule has 0 amide bonds. The van der Waals surface area contributed by atoms with E-state index in [1.54, 1.807) is 0 Å². The van der Waals surface area contributed by atoms with Crippen molar-refractivity contribution in [2.45, 2.75) is 25.9 Å². The van der Waals surface area contributed by atoms with E-state index in [0.717, 1.165) is 6.42 Å². The highest BCUT2D eigenvalue weighted by Crippen LogP contribution is 2.23. The van der Waals surface area contributed by atoms with Gasteiger partial charge in [-0.1, -0.05) is 11.6 Å². The molecular weight excluding hydrogens is 243 g/mol.